The van der Waals surface area contributed by atoms with E-state index in [-0.39, 0.29) is 0 Å². The van der Waals surface area contributed by atoms with Crippen LogP contribution >= 0.6 is 11.3 Å². The number of pyridine rings is 2. The molecule has 0 aliphatic rings. The molecule has 0 aliphatic carbocycles. The van der Waals surface area contributed by atoms with Crippen LogP contribution in [0.1, 0.15) is 11.3 Å². The van der Waals surface area contributed by atoms with Gasteiger partial charge in [0.15, 0.2) is 0 Å². The third-order valence-electron chi connectivity index (χ3n) is 5.13. The van der Waals surface area contributed by atoms with E-state index >= 15 is 0 Å². The molecule has 0 bridgehead atoms. The zero-order valence-corrected chi connectivity index (χ0v) is 16.7. The number of rotatable bonds is 5. The summed E-state index contributed by atoms with van der Waals surface area (Å²) in [6, 6.07) is 12.4. The van der Waals surface area contributed by atoms with E-state index in [0.29, 0.717) is 6.54 Å². The first-order valence-corrected chi connectivity index (χ1v) is 10.3. The summed E-state index contributed by atoms with van der Waals surface area (Å²) < 4.78 is 0. The van der Waals surface area contributed by atoms with Crippen LogP contribution in [-0.4, -0.2) is 20.2 Å². The zero-order chi connectivity index (χ0) is 19.6. The summed E-state index contributed by atoms with van der Waals surface area (Å²) in [6.45, 7) is 2.77. The number of nitrogens with one attached hydrogen (secondary N) is 2. The molecule has 5 nitrogen and oxygen atoms in total. The Bertz CT molecular complexity index is 1260. The third-order valence-corrected chi connectivity index (χ3v) is 5.81. The Labute approximate surface area is 172 Å². The number of aromatic nitrogens is 4. The van der Waals surface area contributed by atoms with Crippen LogP contribution in [0.2, 0.25) is 0 Å². The van der Waals surface area contributed by atoms with Crippen molar-refractivity contribution in [3.8, 4) is 22.3 Å². The molecule has 0 radical (unpaired) electrons. The molecule has 0 amide bonds. The molecule has 142 valence electrons. The number of anilines is 1. The summed E-state index contributed by atoms with van der Waals surface area (Å²) in [6.07, 6.45) is 7.47. The molecule has 0 aliphatic heterocycles. The van der Waals surface area contributed by atoms with E-state index in [2.05, 4.69) is 67.4 Å². The van der Waals surface area contributed by atoms with Crippen molar-refractivity contribution in [1.82, 2.24) is 20.2 Å². The lowest BCUT2D eigenvalue weighted by Gasteiger charge is -2.12. The Morgan fingerprint density at radius 3 is 2.79 bits per heavy atom. The van der Waals surface area contributed by atoms with Gasteiger partial charge < -0.3 is 5.32 Å². The molecule has 0 saturated carbocycles. The van der Waals surface area contributed by atoms with Gasteiger partial charge in [0.2, 0.25) is 0 Å². The number of fused-ring (bicyclic) bond motifs is 1. The summed E-state index contributed by atoms with van der Waals surface area (Å²) in [7, 11) is 0. The van der Waals surface area contributed by atoms with E-state index in [1.165, 1.54) is 11.1 Å². The van der Waals surface area contributed by atoms with Crippen LogP contribution in [0.4, 0.5) is 5.69 Å². The number of thiophene rings is 1. The van der Waals surface area contributed by atoms with Crippen molar-refractivity contribution >= 4 is 27.9 Å². The highest BCUT2D eigenvalue weighted by molar-refractivity contribution is 7.08. The van der Waals surface area contributed by atoms with E-state index in [1.54, 1.807) is 17.5 Å². The van der Waals surface area contributed by atoms with Crippen LogP contribution in [0, 0.1) is 6.92 Å². The normalized spacial score (nSPS) is 11.1. The van der Waals surface area contributed by atoms with Crippen molar-refractivity contribution in [1.29, 1.82) is 0 Å². The maximum absolute atomic E-state index is 4.45. The monoisotopic (exact) mass is 397 g/mol. The van der Waals surface area contributed by atoms with E-state index in [9.17, 15) is 0 Å². The quantitative estimate of drug-likeness (QED) is 0.401. The maximum atomic E-state index is 4.45. The van der Waals surface area contributed by atoms with Crippen molar-refractivity contribution in [2.24, 2.45) is 0 Å². The van der Waals surface area contributed by atoms with Crippen molar-refractivity contribution in [3.05, 3.63) is 83.2 Å². The number of nitrogens with zero attached hydrogens (tertiary/aromatic N) is 3. The van der Waals surface area contributed by atoms with Crippen LogP contribution in [0.15, 0.2) is 71.9 Å². The highest BCUT2D eigenvalue weighted by Crippen LogP contribution is 2.30. The van der Waals surface area contributed by atoms with Gasteiger partial charge in [0.05, 0.1) is 29.6 Å². The van der Waals surface area contributed by atoms with Gasteiger partial charge in [0, 0.05) is 35.1 Å². The lowest BCUT2D eigenvalue weighted by molar-refractivity contribution is 0.991. The summed E-state index contributed by atoms with van der Waals surface area (Å²) in [5, 5.41) is 16.5. The summed E-state index contributed by atoms with van der Waals surface area (Å²) in [5.41, 5.74) is 8.81. The van der Waals surface area contributed by atoms with Crippen LogP contribution in [0.3, 0.4) is 0 Å². The average molecular weight is 398 g/mol. The Morgan fingerprint density at radius 1 is 1.00 bits per heavy atom. The highest BCUT2D eigenvalue weighted by Gasteiger charge is 2.10. The standard InChI is InChI=1S/C23H19N5S/c1-15-20(18-6-8-29-14-18)11-25-12-22(15)26-13-23-19-9-16(4-5-21(19)27-28-23)17-3-2-7-24-10-17/h2-12,14,26H,13H2,1H3,(H,27,28). The topological polar surface area (TPSA) is 66.5 Å². The van der Waals surface area contributed by atoms with Crippen LogP contribution in [-0.2, 0) is 6.54 Å². The molecule has 0 atom stereocenters. The van der Waals surface area contributed by atoms with Gasteiger partial charge in [-0.25, -0.2) is 0 Å². The lowest BCUT2D eigenvalue weighted by Crippen LogP contribution is -2.03. The van der Waals surface area contributed by atoms with Gasteiger partial charge in [-0.05, 0) is 58.6 Å². The largest absolute Gasteiger partial charge is 0.378 e. The predicted octanol–water partition coefficient (Wildman–Crippen LogP) is 5.67. The second-order valence-electron chi connectivity index (χ2n) is 6.90. The van der Waals surface area contributed by atoms with Crippen molar-refractivity contribution in [2.75, 3.05) is 5.32 Å². The molecular weight excluding hydrogens is 378 g/mol. The summed E-state index contributed by atoms with van der Waals surface area (Å²) in [4.78, 5) is 8.65. The predicted molar refractivity (Wildman–Crippen MR) is 119 cm³/mol. The number of benzene rings is 1. The van der Waals surface area contributed by atoms with E-state index in [4.69, 9.17) is 0 Å². The summed E-state index contributed by atoms with van der Waals surface area (Å²) >= 11 is 1.70. The Balaban J connectivity index is 1.44. The number of aromatic amines is 1. The Morgan fingerprint density at radius 2 is 1.97 bits per heavy atom. The molecule has 4 aromatic heterocycles. The molecule has 6 heteroatoms. The Kier molecular flexibility index (Phi) is 4.54. The lowest BCUT2D eigenvalue weighted by atomic mass is 10.0. The smallest absolute Gasteiger partial charge is 0.0924 e. The first kappa shape index (κ1) is 17.6. The van der Waals surface area contributed by atoms with Crippen molar-refractivity contribution < 1.29 is 0 Å². The molecule has 0 unspecified atom stereocenters. The van der Waals surface area contributed by atoms with Gasteiger partial charge in [0.25, 0.3) is 0 Å². The van der Waals surface area contributed by atoms with Crippen LogP contribution in [0.25, 0.3) is 33.2 Å². The summed E-state index contributed by atoms with van der Waals surface area (Å²) in [5.74, 6) is 0. The van der Waals surface area contributed by atoms with E-state index in [0.717, 1.165) is 39.0 Å². The van der Waals surface area contributed by atoms with E-state index in [1.807, 2.05) is 30.7 Å². The van der Waals surface area contributed by atoms with Gasteiger partial charge in [-0.1, -0.05) is 12.1 Å². The Hall–Kier alpha value is -3.51. The van der Waals surface area contributed by atoms with E-state index < -0.39 is 0 Å². The van der Waals surface area contributed by atoms with Gasteiger partial charge in [-0.2, -0.15) is 16.4 Å². The molecule has 5 aromatic rings. The molecule has 0 spiro atoms. The molecular formula is C23H19N5S. The maximum Gasteiger partial charge on any atom is 0.0924 e. The van der Waals surface area contributed by atoms with Gasteiger partial charge in [0.1, 0.15) is 0 Å². The molecule has 29 heavy (non-hydrogen) atoms. The van der Waals surface area contributed by atoms with Gasteiger partial charge >= 0.3 is 0 Å². The number of hydrogen-bond donors (Lipinski definition) is 2. The van der Waals surface area contributed by atoms with Crippen molar-refractivity contribution in [2.45, 2.75) is 13.5 Å². The first-order chi connectivity index (χ1) is 14.3. The van der Waals surface area contributed by atoms with Crippen LogP contribution in [0.5, 0.6) is 0 Å². The molecule has 5 rings (SSSR count). The minimum absolute atomic E-state index is 0.641. The molecule has 2 N–H and O–H groups in total. The second kappa shape index (κ2) is 7.48. The minimum atomic E-state index is 0.641. The van der Waals surface area contributed by atoms with Gasteiger partial charge in [-0.3, -0.25) is 15.1 Å². The third kappa shape index (κ3) is 3.39. The van der Waals surface area contributed by atoms with Gasteiger partial charge in [-0.15, -0.1) is 0 Å². The van der Waals surface area contributed by atoms with Crippen molar-refractivity contribution in [3.63, 3.8) is 0 Å². The average Bonchev–Trinajstić information content (AvgIpc) is 3.43. The minimum Gasteiger partial charge on any atom is -0.378 e. The SMILES string of the molecule is Cc1c(NCc2[nH]nc3ccc(-c4cccnc4)cc23)cncc1-c1ccsc1. The fourth-order valence-electron chi connectivity index (χ4n) is 3.51. The molecule has 4 heterocycles. The number of H-pyrrole nitrogens is 1. The number of hydrogen-bond acceptors (Lipinski definition) is 5. The first-order valence-electron chi connectivity index (χ1n) is 9.38. The zero-order valence-electron chi connectivity index (χ0n) is 15.9. The fraction of sp³-hybridized carbons (Fsp3) is 0.0870. The molecule has 0 fully saturated rings. The molecule has 1 aromatic carbocycles. The second-order valence-corrected chi connectivity index (χ2v) is 7.68. The highest BCUT2D eigenvalue weighted by atomic mass is 32.1. The fourth-order valence-corrected chi connectivity index (χ4v) is 4.16. The van der Waals surface area contributed by atoms with Crippen LogP contribution < -0.4 is 5.32 Å². The molecule has 0 saturated heterocycles.